The van der Waals surface area contributed by atoms with Crippen LogP contribution in [0.4, 0.5) is 0 Å². The minimum absolute atomic E-state index is 1.15. The summed E-state index contributed by atoms with van der Waals surface area (Å²) in [6.07, 6.45) is 0. The van der Waals surface area contributed by atoms with E-state index in [9.17, 15) is 0 Å². The zero-order chi connectivity index (χ0) is 31.6. The molecule has 10 aromatic rings. The Bertz CT molecular complexity index is 2810. The second kappa shape index (κ2) is 10.6. The van der Waals surface area contributed by atoms with Crippen LogP contribution >= 0.6 is 0 Å². The van der Waals surface area contributed by atoms with E-state index < -0.39 is 0 Å². The molecule has 2 nitrogen and oxygen atoms in total. The normalized spacial score (nSPS) is 11.8. The Hall–Kier alpha value is -6.38. The predicted octanol–water partition coefficient (Wildman–Crippen LogP) is 12.4. The lowest BCUT2D eigenvalue weighted by Crippen LogP contribution is -1.95. The molecule has 0 unspecified atom stereocenters. The van der Waals surface area contributed by atoms with E-state index in [4.69, 9.17) is 0 Å². The maximum atomic E-state index is 2.47. The standard InChI is InChI=1S/C46H30N2/c1-3-13-31(14-4-1)33-25-26-40-44(30-33)48(36-20-11-17-34(29-36)38-23-12-16-32-15-7-8-21-37(32)38)43-28-27-42-45(46(40)43)39-22-9-10-24-41(39)47(42)35-18-5-2-6-19-35/h1-30H. The van der Waals surface area contributed by atoms with Crippen molar-refractivity contribution in [2.45, 2.75) is 0 Å². The Kier molecular flexibility index (Phi) is 5.91. The zero-order valence-corrected chi connectivity index (χ0v) is 26.2. The van der Waals surface area contributed by atoms with Gasteiger partial charge in [-0.15, -0.1) is 0 Å². The molecule has 0 saturated carbocycles. The van der Waals surface area contributed by atoms with E-state index in [1.807, 2.05) is 0 Å². The molecular weight excluding hydrogens is 581 g/mol. The fourth-order valence-electron chi connectivity index (χ4n) is 7.80. The number of nitrogens with zero attached hydrogens (tertiary/aromatic N) is 2. The third-order valence-corrected chi connectivity index (χ3v) is 9.89. The molecule has 0 amide bonds. The molecule has 2 aromatic heterocycles. The molecular formula is C46H30N2. The van der Waals surface area contributed by atoms with Gasteiger partial charge in [-0.2, -0.15) is 0 Å². The summed E-state index contributed by atoms with van der Waals surface area (Å²) in [7, 11) is 0. The number of hydrogen-bond donors (Lipinski definition) is 0. The molecule has 0 N–H and O–H groups in total. The molecule has 48 heavy (non-hydrogen) atoms. The quantitative estimate of drug-likeness (QED) is 0.188. The van der Waals surface area contributed by atoms with Gasteiger partial charge in [0.25, 0.3) is 0 Å². The van der Waals surface area contributed by atoms with Gasteiger partial charge in [0.05, 0.1) is 22.1 Å². The number of para-hydroxylation sites is 2. The van der Waals surface area contributed by atoms with Crippen LogP contribution in [0.1, 0.15) is 0 Å². The first-order valence-electron chi connectivity index (χ1n) is 16.5. The molecule has 0 aliphatic heterocycles. The van der Waals surface area contributed by atoms with Crippen LogP contribution in [0.5, 0.6) is 0 Å². The average Bonchev–Trinajstić information content (AvgIpc) is 3.68. The molecule has 8 aromatic carbocycles. The number of fused-ring (bicyclic) bond motifs is 8. The average molecular weight is 611 g/mol. The number of hydrogen-bond acceptors (Lipinski definition) is 0. The summed E-state index contributed by atoms with van der Waals surface area (Å²) >= 11 is 0. The maximum absolute atomic E-state index is 2.47. The highest BCUT2D eigenvalue weighted by Gasteiger charge is 2.21. The summed E-state index contributed by atoms with van der Waals surface area (Å²) in [6.45, 7) is 0. The van der Waals surface area contributed by atoms with Gasteiger partial charge in [-0.1, -0.05) is 133 Å². The van der Waals surface area contributed by atoms with Gasteiger partial charge < -0.3 is 9.13 Å². The van der Waals surface area contributed by atoms with E-state index in [1.165, 1.54) is 82.3 Å². The number of aromatic nitrogens is 2. The van der Waals surface area contributed by atoms with Crippen molar-refractivity contribution in [1.82, 2.24) is 9.13 Å². The van der Waals surface area contributed by atoms with Crippen LogP contribution in [0.3, 0.4) is 0 Å². The maximum Gasteiger partial charge on any atom is 0.0548 e. The summed E-state index contributed by atoms with van der Waals surface area (Å²) < 4.78 is 4.88. The van der Waals surface area contributed by atoms with Crippen LogP contribution in [0.25, 0.3) is 88.0 Å². The van der Waals surface area contributed by atoms with E-state index in [0.717, 1.165) is 5.69 Å². The Morgan fingerprint density at radius 1 is 0.292 bits per heavy atom. The van der Waals surface area contributed by atoms with E-state index in [-0.39, 0.29) is 0 Å². The molecule has 0 spiro atoms. The van der Waals surface area contributed by atoms with Crippen molar-refractivity contribution in [2.24, 2.45) is 0 Å². The SMILES string of the molecule is c1ccc(-c2ccc3c4c5c6ccccc6n(-c6ccccc6)c5ccc4n(-c4cccc(-c5cccc6ccccc56)c4)c3c2)cc1. The van der Waals surface area contributed by atoms with Crippen molar-refractivity contribution in [3.63, 3.8) is 0 Å². The first-order valence-corrected chi connectivity index (χ1v) is 16.5. The highest BCUT2D eigenvalue weighted by molar-refractivity contribution is 6.29. The topological polar surface area (TPSA) is 9.86 Å². The van der Waals surface area contributed by atoms with E-state index in [2.05, 4.69) is 191 Å². The van der Waals surface area contributed by atoms with Crippen molar-refractivity contribution < 1.29 is 0 Å². The Morgan fingerprint density at radius 3 is 1.69 bits per heavy atom. The molecule has 0 aliphatic rings. The minimum atomic E-state index is 1.15. The third-order valence-electron chi connectivity index (χ3n) is 9.89. The van der Waals surface area contributed by atoms with Gasteiger partial charge in [0.1, 0.15) is 0 Å². The summed E-state index contributed by atoms with van der Waals surface area (Å²) in [5, 5.41) is 7.60. The predicted molar refractivity (Wildman–Crippen MR) is 203 cm³/mol. The molecule has 2 heterocycles. The van der Waals surface area contributed by atoms with Gasteiger partial charge in [-0.05, 0) is 81.6 Å². The van der Waals surface area contributed by atoms with Crippen LogP contribution in [-0.4, -0.2) is 9.13 Å². The molecule has 0 fully saturated rings. The van der Waals surface area contributed by atoms with Gasteiger partial charge in [-0.25, -0.2) is 0 Å². The first kappa shape index (κ1) is 26.8. The second-order valence-electron chi connectivity index (χ2n) is 12.6. The van der Waals surface area contributed by atoms with Crippen LogP contribution in [0.2, 0.25) is 0 Å². The minimum Gasteiger partial charge on any atom is -0.309 e. The van der Waals surface area contributed by atoms with E-state index in [0.29, 0.717) is 0 Å². The van der Waals surface area contributed by atoms with Crippen molar-refractivity contribution in [1.29, 1.82) is 0 Å². The van der Waals surface area contributed by atoms with Gasteiger partial charge >= 0.3 is 0 Å². The fourth-order valence-corrected chi connectivity index (χ4v) is 7.80. The Labute approximate surface area is 278 Å². The van der Waals surface area contributed by atoms with Crippen LogP contribution in [0, 0.1) is 0 Å². The molecule has 224 valence electrons. The van der Waals surface area contributed by atoms with E-state index in [1.54, 1.807) is 0 Å². The Morgan fingerprint density at radius 2 is 0.875 bits per heavy atom. The summed E-state index contributed by atoms with van der Waals surface area (Å²) in [4.78, 5) is 0. The molecule has 2 heteroatoms. The molecule has 0 atom stereocenters. The lowest BCUT2D eigenvalue weighted by atomic mass is 9.98. The number of benzene rings is 8. The summed E-state index contributed by atoms with van der Waals surface area (Å²) in [5.74, 6) is 0. The van der Waals surface area contributed by atoms with Crippen molar-refractivity contribution in [2.75, 3.05) is 0 Å². The fraction of sp³-hybridized carbons (Fsp3) is 0. The number of rotatable bonds is 4. The van der Waals surface area contributed by atoms with Gasteiger partial charge in [-0.3, -0.25) is 0 Å². The van der Waals surface area contributed by atoms with E-state index >= 15 is 0 Å². The second-order valence-corrected chi connectivity index (χ2v) is 12.6. The van der Waals surface area contributed by atoms with Crippen molar-refractivity contribution in [3.8, 4) is 33.6 Å². The highest BCUT2D eigenvalue weighted by atomic mass is 15.0. The van der Waals surface area contributed by atoms with Crippen LogP contribution in [-0.2, 0) is 0 Å². The lowest BCUT2D eigenvalue weighted by Gasteiger charge is -2.13. The Balaban J connectivity index is 1.32. The molecule has 0 saturated heterocycles. The van der Waals surface area contributed by atoms with Gasteiger partial charge in [0.2, 0.25) is 0 Å². The van der Waals surface area contributed by atoms with Gasteiger partial charge in [0.15, 0.2) is 0 Å². The molecule has 0 aliphatic carbocycles. The smallest absolute Gasteiger partial charge is 0.0548 e. The summed E-state index contributed by atoms with van der Waals surface area (Å²) in [6, 6.07) is 66.2. The van der Waals surface area contributed by atoms with Crippen molar-refractivity contribution in [3.05, 3.63) is 182 Å². The molecule has 0 radical (unpaired) electrons. The molecule has 0 bridgehead atoms. The van der Waals surface area contributed by atoms with Crippen LogP contribution in [0.15, 0.2) is 182 Å². The van der Waals surface area contributed by atoms with Gasteiger partial charge in [0, 0.05) is 32.9 Å². The lowest BCUT2D eigenvalue weighted by molar-refractivity contribution is 1.17. The largest absolute Gasteiger partial charge is 0.309 e. The summed E-state index contributed by atoms with van der Waals surface area (Å²) in [5.41, 5.74) is 12.0. The van der Waals surface area contributed by atoms with Crippen LogP contribution < -0.4 is 0 Å². The monoisotopic (exact) mass is 610 g/mol. The molecule has 10 rings (SSSR count). The van der Waals surface area contributed by atoms with Crippen molar-refractivity contribution >= 4 is 54.4 Å². The highest BCUT2D eigenvalue weighted by Crippen LogP contribution is 2.43. The first-order chi connectivity index (χ1) is 23.8. The zero-order valence-electron chi connectivity index (χ0n) is 26.2. The third kappa shape index (κ3) is 4.00.